The molecule has 0 unspecified atom stereocenters. The first-order valence-electron chi connectivity index (χ1n) is 6.44. The summed E-state index contributed by atoms with van der Waals surface area (Å²) in [5.74, 6) is -0.123. The van der Waals surface area contributed by atoms with Crippen molar-refractivity contribution in [1.29, 1.82) is 0 Å². The Labute approximate surface area is 128 Å². The number of halogens is 1. The topological polar surface area (TPSA) is 101 Å². The van der Waals surface area contributed by atoms with Gasteiger partial charge in [0, 0.05) is 19.1 Å². The van der Waals surface area contributed by atoms with Crippen molar-refractivity contribution in [1.82, 2.24) is 0 Å². The van der Waals surface area contributed by atoms with Gasteiger partial charge < -0.3 is 9.47 Å². The van der Waals surface area contributed by atoms with E-state index < -0.39 is 28.7 Å². The van der Waals surface area contributed by atoms with Crippen LogP contribution >= 0.6 is 0 Å². The van der Waals surface area contributed by atoms with Crippen molar-refractivity contribution < 1.29 is 22.3 Å². The van der Waals surface area contributed by atoms with Gasteiger partial charge in [0.05, 0.1) is 29.4 Å². The molecule has 0 saturated heterocycles. The molecule has 1 aromatic carbocycles. The average molecular weight is 331 g/mol. The summed E-state index contributed by atoms with van der Waals surface area (Å²) >= 11 is 0. The maximum atomic E-state index is 12.9. The van der Waals surface area contributed by atoms with Gasteiger partial charge in [-0.2, -0.15) is 0 Å². The smallest absolute Gasteiger partial charge is 0.180 e. The van der Waals surface area contributed by atoms with Crippen LogP contribution in [0, 0.1) is 0 Å². The minimum atomic E-state index is -3.43. The molecule has 0 fully saturated rings. The fourth-order valence-electron chi connectivity index (χ4n) is 1.93. The van der Waals surface area contributed by atoms with E-state index in [1.54, 1.807) is 0 Å². The zero-order chi connectivity index (χ0) is 16.6. The van der Waals surface area contributed by atoms with E-state index in [2.05, 4.69) is 10.0 Å². The van der Waals surface area contributed by atoms with Crippen LogP contribution < -0.4 is 0 Å². The number of hydrogen-bond acceptors (Lipinski definition) is 5. The summed E-state index contributed by atoms with van der Waals surface area (Å²) in [5.41, 5.74) is 8.97. The van der Waals surface area contributed by atoms with Gasteiger partial charge in [0.25, 0.3) is 0 Å². The van der Waals surface area contributed by atoms with Crippen molar-refractivity contribution in [2.45, 2.75) is 17.0 Å². The molecule has 0 aliphatic carbocycles. The predicted octanol–water partition coefficient (Wildman–Crippen LogP) is 2.44. The molecular formula is C13H18FN3O4S. The number of sulfone groups is 1. The normalized spacial score (nSPS) is 14.1. The van der Waals surface area contributed by atoms with Crippen LogP contribution in [0.2, 0.25) is 0 Å². The van der Waals surface area contributed by atoms with Gasteiger partial charge >= 0.3 is 0 Å². The Hall–Kier alpha value is -1.67. The Morgan fingerprint density at radius 1 is 1.32 bits per heavy atom. The Bertz CT molecular complexity index is 615. The third kappa shape index (κ3) is 4.67. The summed E-state index contributed by atoms with van der Waals surface area (Å²) in [6.07, 6.45) is -0.781. The molecule has 22 heavy (non-hydrogen) atoms. The van der Waals surface area contributed by atoms with Gasteiger partial charge in [-0.1, -0.05) is 17.2 Å². The number of hydrogen-bond donors (Lipinski definition) is 0. The maximum absolute atomic E-state index is 12.9. The molecule has 122 valence electrons. The van der Waals surface area contributed by atoms with Crippen LogP contribution in [0.5, 0.6) is 0 Å². The summed E-state index contributed by atoms with van der Waals surface area (Å²) in [7, 11) is -0.640. The molecule has 0 heterocycles. The van der Waals surface area contributed by atoms with Crippen LogP contribution in [-0.4, -0.2) is 47.7 Å². The van der Waals surface area contributed by atoms with E-state index in [4.69, 9.17) is 15.0 Å². The lowest BCUT2D eigenvalue weighted by Crippen LogP contribution is -2.20. The second-order valence-electron chi connectivity index (χ2n) is 4.46. The monoisotopic (exact) mass is 331 g/mol. The second kappa shape index (κ2) is 8.70. The first-order valence-corrected chi connectivity index (χ1v) is 8.10. The highest BCUT2D eigenvalue weighted by Gasteiger charge is 2.23. The molecule has 0 spiro atoms. The maximum Gasteiger partial charge on any atom is 0.180 e. The number of benzene rings is 1. The number of azide groups is 1. The molecular weight excluding hydrogens is 313 g/mol. The van der Waals surface area contributed by atoms with Crippen molar-refractivity contribution in [2.75, 3.05) is 33.3 Å². The van der Waals surface area contributed by atoms with Gasteiger partial charge in [-0.05, 0) is 23.2 Å². The second-order valence-corrected chi connectivity index (χ2v) is 6.57. The number of nitrogens with zero attached hydrogens (tertiary/aromatic N) is 3. The molecule has 0 amide bonds. The number of methoxy groups -OCH3 is 2. The van der Waals surface area contributed by atoms with Crippen molar-refractivity contribution in [3.8, 4) is 0 Å². The lowest BCUT2D eigenvalue weighted by Gasteiger charge is -2.20. The van der Waals surface area contributed by atoms with E-state index in [-0.39, 0.29) is 17.3 Å². The van der Waals surface area contributed by atoms with Gasteiger partial charge in [-0.3, -0.25) is 4.39 Å². The highest BCUT2D eigenvalue weighted by molar-refractivity contribution is 7.91. The van der Waals surface area contributed by atoms with E-state index in [0.717, 1.165) is 0 Å². The van der Waals surface area contributed by atoms with Crippen LogP contribution in [0.3, 0.4) is 0 Å². The van der Waals surface area contributed by atoms with Gasteiger partial charge in [0.2, 0.25) is 0 Å². The molecule has 0 aliphatic heterocycles. The van der Waals surface area contributed by atoms with Crippen LogP contribution in [0.15, 0.2) is 34.3 Å². The fourth-order valence-corrected chi connectivity index (χ4v) is 3.10. The number of ether oxygens (including phenoxy) is 2. The number of rotatable bonds is 9. The molecule has 7 nitrogen and oxygen atoms in total. The van der Waals surface area contributed by atoms with Crippen LogP contribution in [0.4, 0.5) is 4.39 Å². The molecule has 9 heteroatoms. The van der Waals surface area contributed by atoms with Crippen molar-refractivity contribution >= 4 is 9.84 Å². The average Bonchev–Trinajstić information content (AvgIpc) is 2.53. The van der Waals surface area contributed by atoms with Gasteiger partial charge in [0.1, 0.15) is 6.67 Å². The summed E-state index contributed by atoms with van der Waals surface area (Å²) in [4.78, 5) is 2.73. The molecule has 0 radical (unpaired) electrons. The van der Waals surface area contributed by atoms with Gasteiger partial charge in [-0.25, -0.2) is 8.42 Å². The molecule has 1 aromatic rings. The third-order valence-electron chi connectivity index (χ3n) is 3.09. The van der Waals surface area contributed by atoms with E-state index in [0.29, 0.717) is 5.56 Å². The predicted molar refractivity (Wildman–Crippen MR) is 79.0 cm³/mol. The minimum absolute atomic E-state index is 0.103. The summed E-state index contributed by atoms with van der Waals surface area (Å²) < 4.78 is 46.8. The molecule has 2 atom stereocenters. The van der Waals surface area contributed by atoms with Gasteiger partial charge in [-0.15, -0.1) is 0 Å². The zero-order valence-corrected chi connectivity index (χ0v) is 13.2. The minimum Gasteiger partial charge on any atom is -0.384 e. The Kier molecular flexibility index (Phi) is 7.26. The molecule has 0 N–H and O–H groups in total. The van der Waals surface area contributed by atoms with E-state index >= 15 is 0 Å². The van der Waals surface area contributed by atoms with Gasteiger partial charge in [0.15, 0.2) is 9.84 Å². The van der Waals surface area contributed by atoms with E-state index in [1.165, 1.54) is 38.5 Å². The highest BCUT2D eigenvalue weighted by atomic mass is 32.2. The van der Waals surface area contributed by atoms with Crippen LogP contribution in [0.1, 0.15) is 11.7 Å². The lowest BCUT2D eigenvalue weighted by atomic mass is 10.0. The Morgan fingerprint density at radius 3 is 2.41 bits per heavy atom. The summed E-state index contributed by atoms with van der Waals surface area (Å²) in [6.45, 7) is -0.776. The van der Waals surface area contributed by atoms with Crippen LogP contribution in [0.25, 0.3) is 10.4 Å². The summed E-state index contributed by atoms with van der Waals surface area (Å²) in [5, 5.41) is 3.35. The SMILES string of the molecule is COCCS(=O)(=O)c1ccc([C@@H](OC)[C@@H](CF)N=[N+]=[N-])cc1. The standard InChI is InChI=1S/C13H18FN3O4S/c1-20-7-8-22(18,19)11-5-3-10(4-6-11)13(21-2)12(9-14)16-17-15/h3-6,12-13H,7-9H2,1-2H3/t12-,13-/m1/s1. The molecule has 0 aliphatic rings. The molecule has 0 bridgehead atoms. The lowest BCUT2D eigenvalue weighted by molar-refractivity contribution is 0.0721. The fraction of sp³-hybridized carbons (Fsp3) is 0.538. The third-order valence-corrected chi connectivity index (χ3v) is 4.78. The zero-order valence-electron chi connectivity index (χ0n) is 12.3. The van der Waals surface area contributed by atoms with Crippen LogP contribution in [-0.2, 0) is 19.3 Å². The highest BCUT2D eigenvalue weighted by Crippen LogP contribution is 2.25. The number of alkyl halides is 1. The molecule has 1 rings (SSSR count). The molecule has 0 aromatic heterocycles. The van der Waals surface area contributed by atoms with E-state index in [9.17, 15) is 12.8 Å². The Morgan fingerprint density at radius 2 is 1.95 bits per heavy atom. The van der Waals surface area contributed by atoms with Crippen molar-refractivity contribution in [3.63, 3.8) is 0 Å². The molecule has 0 saturated carbocycles. The first-order chi connectivity index (χ1) is 10.5. The van der Waals surface area contributed by atoms with Crippen molar-refractivity contribution in [3.05, 3.63) is 40.3 Å². The summed E-state index contributed by atoms with van der Waals surface area (Å²) in [6, 6.07) is 4.85. The quantitative estimate of drug-likeness (QED) is 0.394. The largest absolute Gasteiger partial charge is 0.384 e. The van der Waals surface area contributed by atoms with Crippen molar-refractivity contribution in [2.24, 2.45) is 5.11 Å². The Balaban J connectivity index is 3.02. The first kappa shape index (κ1) is 18.4. The van der Waals surface area contributed by atoms with E-state index in [1.807, 2.05) is 0 Å².